The van der Waals surface area contributed by atoms with Crippen molar-refractivity contribution in [3.63, 3.8) is 0 Å². The molecule has 2 atom stereocenters. The van der Waals surface area contributed by atoms with E-state index in [0.29, 0.717) is 5.02 Å². The summed E-state index contributed by atoms with van der Waals surface area (Å²) in [4.78, 5) is 11.4. The number of hydrogen-bond acceptors (Lipinski definition) is 2. The Labute approximate surface area is 107 Å². The van der Waals surface area contributed by atoms with Gasteiger partial charge >= 0.3 is 0 Å². The van der Waals surface area contributed by atoms with E-state index in [0.717, 1.165) is 18.5 Å². The second-order valence-corrected chi connectivity index (χ2v) is 4.74. The minimum absolute atomic E-state index is 0.205. The van der Waals surface area contributed by atoms with Gasteiger partial charge in [0, 0.05) is 10.7 Å². The molecule has 94 valence electrons. The number of rotatable bonds is 6. The highest BCUT2D eigenvalue weighted by Gasteiger charge is 2.21. The third-order valence-corrected chi connectivity index (χ3v) is 3.00. The van der Waals surface area contributed by atoms with Crippen molar-refractivity contribution in [1.29, 1.82) is 0 Å². The van der Waals surface area contributed by atoms with Gasteiger partial charge in [-0.1, -0.05) is 37.9 Å². The first-order valence-corrected chi connectivity index (χ1v) is 6.23. The number of carbonyl (C=O) groups excluding carboxylic acids is 1. The zero-order chi connectivity index (χ0) is 12.8. The number of nitrogens with two attached hydrogens (primary N) is 1. The molecule has 17 heavy (non-hydrogen) atoms. The number of amides is 1. The van der Waals surface area contributed by atoms with Gasteiger partial charge in [0.1, 0.15) is 6.04 Å². The van der Waals surface area contributed by atoms with E-state index in [1.165, 1.54) is 0 Å². The first-order valence-electron chi connectivity index (χ1n) is 5.86. The summed E-state index contributed by atoms with van der Waals surface area (Å²) in [5.41, 5.74) is 6.24. The van der Waals surface area contributed by atoms with Gasteiger partial charge in [-0.15, -0.1) is 0 Å². The number of benzene rings is 1. The van der Waals surface area contributed by atoms with Crippen LogP contribution < -0.4 is 11.1 Å². The van der Waals surface area contributed by atoms with Crippen LogP contribution in [0.5, 0.6) is 0 Å². The molecule has 0 heterocycles. The van der Waals surface area contributed by atoms with E-state index >= 15 is 0 Å². The monoisotopic (exact) mass is 254 g/mol. The summed E-state index contributed by atoms with van der Waals surface area (Å²) in [6, 6.07) is 6.94. The van der Waals surface area contributed by atoms with Crippen molar-refractivity contribution in [2.24, 2.45) is 11.7 Å². The van der Waals surface area contributed by atoms with Crippen LogP contribution in [0.15, 0.2) is 24.3 Å². The molecule has 1 amide bonds. The normalized spacial score (nSPS) is 14.1. The summed E-state index contributed by atoms with van der Waals surface area (Å²) < 4.78 is 0. The fraction of sp³-hybridized carbons (Fsp3) is 0.462. The van der Waals surface area contributed by atoms with Gasteiger partial charge in [-0.3, -0.25) is 4.79 Å². The molecule has 0 aliphatic heterocycles. The Morgan fingerprint density at radius 3 is 2.76 bits per heavy atom. The van der Waals surface area contributed by atoms with Crippen molar-refractivity contribution >= 4 is 23.2 Å². The van der Waals surface area contributed by atoms with E-state index in [4.69, 9.17) is 17.3 Å². The molecule has 1 aromatic carbocycles. The molecule has 0 aliphatic carbocycles. The highest BCUT2D eigenvalue weighted by molar-refractivity contribution is 6.30. The maximum atomic E-state index is 11.4. The fourth-order valence-electron chi connectivity index (χ4n) is 1.87. The lowest BCUT2D eigenvalue weighted by molar-refractivity contribution is -0.119. The number of nitrogens with one attached hydrogen (secondary N) is 1. The van der Waals surface area contributed by atoms with Crippen LogP contribution in [0.3, 0.4) is 0 Å². The molecule has 0 saturated heterocycles. The molecule has 3 nitrogen and oxygen atoms in total. The molecule has 1 rings (SSSR count). The molecule has 2 unspecified atom stereocenters. The second-order valence-electron chi connectivity index (χ2n) is 4.30. The number of halogens is 1. The first kappa shape index (κ1) is 13.8. The van der Waals surface area contributed by atoms with Gasteiger partial charge in [-0.05, 0) is 30.5 Å². The maximum absolute atomic E-state index is 11.4. The molecule has 0 aliphatic rings. The van der Waals surface area contributed by atoms with Gasteiger partial charge in [-0.2, -0.15) is 0 Å². The standard InChI is InChI=1S/C13H19ClN2O/c1-3-5-9(2)12(13(15)17)16-11-7-4-6-10(14)8-11/h4,6-9,12,16H,3,5H2,1-2H3,(H2,15,17). The van der Waals surface area contributed by atoms with Crippen molar-refractivity contribution in [3.05, 3.63) is 29.3 Å². The minimum Gasteiger partial charge on any atom is -0.373 e. The molecule has 0 fully saturated rings. The molecule has 0 aromatic heterocycles. The quantitative estimate of drug-likeness (QED) is 0.820. The Balaban J connectivity index is 2.76. The Hall–Kier alpha value is -1.22. The van der Waals surface area contributed by atoms with E-state index < -0.39 is 0 Å². The Morgan fingerprint density at radius 1 is 1.53 bits per heavy atom. The van der Waals surface area contributed by atoms with Crippen LogP contribution in [0.1, 0.15) is 26.7 Å². The van der Waals surface area contributed by atoms with Crippen LogP contribution in [-0.2, 0) is 4.79 Å². The van der Waals surface area contributed by atoms with Gasteiger partial charge < -0.3 is 11.1 Å². The third kappa shape index (κ3) is 4.27. The van der Waals surface area contributed by atoms with Crippen LogP contribution in [0.25, 0.3) is 0 Å². The summed E-state index contributed by atoms with van der Waals surface area (Å²) in [5.74, 6) is -0.123. The van der Waals surface area contributed by atoms with Crippen LogP contribution in [0, 0.1) is 5.92 Å². The predicted octanol–water partition coefficient (Wildman–Crippen LogP) is 3.04. The van der Waals surface area contributed by atoms with Crippen molar-refractivity contribution in [2.45, 2.75) is 32.7 Å². The summed E-state index contributed by atoms with van der Waals surface area (Å²) in [6.07, 6.45) is 1.99. The summed E-state index contributed by atoms with van der Waals surface area (Å²) >= 11 is 5.89. The van der Waals surface area contributed by atoms with Crippen LogP contribution >= 0.6 is 11.6 Å². The molecule has 0 spiro atoms. The Kier molecular flexibility index (Phi) is 5.29. The lowest BCUT2D eigenvalue weighted by Crippen LogP contribution is -2.40. The Bertz CT molecular complexity index is 381. The highest BCUT2D eigenvalue weighted by Crippen LogP contribution is 2.19. The first-order chi connectivity index (χ1) is 8.04. The Morgan fingerprint density at radius 2 is 2.24 bits per heavy atom. The number of primary amides is 1. The van der Waals surface area contributed by atoms with E-state index in [1.807, 2.05) is 19.1 Å². The molecule has 1 aromatic rings. The van der Waals surface area contributed by atoms with Crippen molar-refractivity contribution in [1.82, 2.24) is 0 Å². The molecule has 0 bridgehead atoms. The van der Waals surface area contributed by atoms with Gasteiger partial charge in [0.2, 0.25) is 5.91 Å². The van der Waals surface area contributed by atoms with Crippen molar-refractivity contribution < 1.29 is 4.79 Å². The molecule has 4 heteroatoms. The largest absolute Gasteiger partial charge is 0.373 e. The predicted molar refractivity (Wildman–Crippen MR) is 72.1 cm³/mol. The van der Waals surface area contributed by atoms with E-state index in [1.54, 1.807) is 12.1 Å². The lowest BCUT2D eigenvalue weighted by Gasteiger charge is -2.23. The van der Waals surface area contributed by atoms with E-state index in [-0.39, 0.29) is 17.9 Å². The summed E-state index contributed by atoms with van der Waals surface area (Å²) in [7, 11) is 0. The van der Waals surface area contributed by atoms with Gasteiger partial charge in [0.25, 0.3) is 0 Å². The van der Waals surface area contributed by atoms with E-state index in [2.05, 4.69) is 12.2 Å². The highest BCUT2D eigenvalue weighted by atomic mass is 35.5. The zero-order valence-corrected chi connectivity index (χ0v) is 11.0. The molecular formula is C13H19ClN2O. The third-order valence-electron chi connectivity index (χ3n) is 2.77. The summed E-state index contributed by atoms with van der Waals surface area (Å²) in [6.45, 7) is 4.12. The van der Waals surface area contributed by atoms with Crippen molar-refractivity contribution in [2.75, 3.05) is 5.32 Å². The zero-order valence-electron chi connectivity index (χ0n) is 10.2. The van der Waals surface area contributed by atoms with Crippen LogP contribution in [0.2, 0.25) is 5.02 Å². The summed E-state index contributed by atoms with van der Waals surface area (Å²) in [5, 5.41) is 3.79. The molecule has 0 saturated carbocycles. The average Bonchev–Trinajstić information content (AvgIpc) is 2.26. The van der Waals surface area contributed by atoms with Crippen LogP contribution in [0.4, 0.5) is 5.69 Å². The van der Waals surface area contributed by atoms with Gasteiger partial charge in [0.05, 0.1) is 0 Å². The van der Waals surface area contributed by atoms with Crippen LogP contribution in [-0.4, -0.2) is 11.9 Å². The molecule has 3 N–H and O–H groups in total. The second kappa shape index (κ2) is 6.50. The lowest BCUT2D eigenvalue weighted by atomic mass is 9.96. The smallest absolute Gasteiger partial charge is 0.240 e. The number of hydrogen-bond donors (Lipinski definition) is 2. The van der Waals surface area contributed by atoms with Gasteiger partial charge in [-0.25, -0.2) is 0 Å². The minimum atomic E-state index is -0.353. The average molecular weight is 255 g/mol. The number of anilines is 1. The topological polar surface area (TPSA) is 55.1 Å². The molecule has 0 radical (unpaired) electrons. The van der Waals surface area contributed by atoms with Gasteiger partial charge in [0.15, 0.2) is 0 Å². The maximum Gasteiger partial charge on any atom is 0.240 e. The SMILES string of the molecule is CCCC(C)C(Nc1cccc(Cl)c1)C(N)=O. The van der Waals surface area contributed by atoms with Crippen molar-refractivity contribution in [3.8, 4) is 0 Å². The molecular weight excluding hydrogens is 236 g/mol. The number of carbonyl (C=O) groups is 1. The fourth-order valence-corrected chi connectivity index (χ4v) is 2.06. The van der Waals surface area contributed by atoms with E-state index in [9.17, 15) is 4.79 Å².